The van der Waals surface area contributed by atoms with E-state index in [0.717, 1.165) is 0 Å². The molecule has 0 aromatic rings. The van der Waals surface area contributed by atoms with Gasteiger partial charge >= 0.3 is 0 Å². The lowest BCUT2D eigenvalue weighted by Gasteiger charge is -2.24. The number of nitrogens with one attached hydrogen (secondary N) is 3. The van der Waals surface area contributed by atoms with Gasteiger partial charge in [0, 0.05) is 18.8 Å². The first kappa shape index (κ1) is 15.2. The molecule has 0 heterocycles. The van der Waals surface area contributed by atoms with E-state index in [-0.39, 0.29) is 17.8 Å². The molecule has 0 aliphatic heterocycles. The van der Waals surface area contributed by atoms with Crippen LogP contribution in [0.4, 0.5) is 0 Å². The number of ether oxygens (including phenoxy) is 2. The Kier molecular flexibility index (Phi) is 7.08. The number of hydrogen-bond acceptors (Lipinski definition) is 3. The van der Waals surface area contributed by atoms with Crippen molar-refractivity contribution in [2.24, 2.45) is 0 Å². The summed E-state index contributed by atoms with van der Waals surface area (Å²) in [5.74, 6) is 0.289. The summed E-state index contributed by atoms with van der Waals surface area (Å²) in [6.07, 6.45) is -0.294. The predicted octanol–water partition coefficient (Wildman–Crippen LogP) is 1.30. The lowest BCUT2D eigenvalue weighted by molar-refractivity contribution is -0.131. The lowest BCUT2D eigenvalue weighted by atomic mass is 10.1. The highest BCUT2D eigenvalue weighted by molar-refractivity contribution is 5.77. The summed E-state index contributed by atoms with van der Waals surface area (Å²) in [6.45, 7) is 11.5. The summed E-state index contributed by atoms with van der Waals surface area (Å²) in [7, 11) is 0. The molecule has 0 amide bonds. The van der Waals surface area contributed by atoms with Crippen LogP contribution >= 0.6 is 0 Å². The number of guanidine groups is 1. The molecule has 5 heteroatoms. The van der Waals surface area contributed by atoms with Gasteiger partial charge in [0.25, 0.3) is 0 Å². The fraction of sp³-hybridized carbons (Fsp3) is 0.909. The van der Waals surface area contributed by atoms with Crippen molar-refractivity contribution in [2.75, 3.05) is 19.8 Å². The molecule has 0 rings (SSSR count). The number of hydrogen-bond donors (Lipinski definition) is 3. The molecule has 0 unspecified atom stereocenters. The van der Waals surface area contributed by atoms with E-state index in [9.17, 15) is 0 Å². The van der Waals surface area contributed by atoms with E-state index in [1.165, 1.54) is 0 Å². The molecule has 0 saturated heterocycles. The Balaban J connectivity index is 3.86. The normalized spacial score (nSPS) is 11.6. The monoisotopic (exact) mass is 231 g/mol. The molecule has 96 valence electrons. The smallest absolute Gasteiger partial charge is 0.188 e. The maximum Gasteiger partial charge on any atom is 0.188 e. The summed E-state index contributed by atoms with van der Waals surface area (Å²) in [4.78, 5) is 0. The van der Waals surface area contributed by atoms with Crippen molar-refractivity contribution in [1.82, 2.24) is 10.6 Å². The van der Waals surface area contributed by atoms with E-state index in [1.807, 2.05) is 34.6 Å². The van der Waals surface area contributed by atoms with E-state index in [0.29, 0.717) is 19.8 Å². The van der Waals surface area contributed by atoms with Crippen molar-refractivity contribution >= 4 is 5.96 Å². The molecule has 0 bridgehead atoms. The van der Waals surface area contributed by atoms with E-state index in [4.69, 9.17) is 14.9 Å². The Morgan fingerprint density at radius 3 is 2.06 bits per heavy atom. The Morgan fingerprint density at radius 1 is 1.19 bits per heavy atom. The van der Waals surface area contributed by atoms with Crippen LogP contribution in [0.5, 0.6) is 0 Å². The maximum atomic E-state index is 7.67. The van der Waals surface area contributed by atoms with Gasteiger partial charge in [-0.1, -0.05) is 0 Å². The zero-order chi connectivity index (χ0) is 12.6. The molecule has 16 heavy (non-hydrogen) atoms. The Hall–Kier alpha value is -0.810. The first-order valence-electron chi connectivity index (χ1n) is 5.72. The van der Waals surface area contributed by atoms with Crippen molar-refractivity contribution < 1.29 is 9.47 Å². The van der Waals surface area contributed by atoms with Crippen molar-refractivity contribution in [2.45, 2.75) is 46.4 Å². The largest absolute Gasteiger partial charge is 0.352 e. The molecule has 0 aliphatic carbocycles. The molecule has 0 spiro atoms. The van der Waals surface area contributed by atoms with Crippen LogP contribution in [0.15, 0.2) is 0 Å². The summed E-state index contributed by atoms with van der Waals surface area (Å²) in [6, 6.07) is 0. The van der Waals surface area contributed by atoms with Gasteiger partial charge in [-0.15, -0.1) is 0 Å². The average Bonchev–Trinajstić information content (AvgIpc) is 2.12. The molecule has 0 aromatic heterocycles. The maximum absolute atomic E-state index is 7.67. The van der Waals surface area contributed by atoms with Gasteiger partial charge in [0.05, 0.1) is 6.54 Å². The molecule has 0 aromatic carbocycles. The first-order chi connectivity index (χ1) is 7.39. The summed E-state index contributed by atoms with van der Waals surface area (Å²) in [5, 5.41) is 13.6. The molecule has 3 N–H and O–H groups in total. The fourth-order valence-electron chi connectivity index (χ4n) is 1.14. The quantitative estimate of drug-likeness (QED) is 0.366. The highest BCUT2D eigenvalue weighted by atomic mass is 16.7. The molecule has 0 atom stereocenters. The van der Waals surface area contributed by atoms with E-state index >= 15 is 0 Å². The fourth-order valence-corrected chi connectivity index (χ4v) is 1.14. The zero-order valence-corrected chi connectivity index (χ0v) is 11.0. The summed E-state index contributed by atoms with van der Waals surface area (Å²) < 4.78 is 10.7. The Labute approximate surface area is 98.4 Å². The lowest BCUT2D eigenvalue weighted by Crippen LogP contribution is -2.49. The third-order valence-corrected chi connectivity index (χ3v) is 1.65. The molecule has 0 aliphatic rings. The molecule has 0 fully saturated rings. The van der Waals surface area contributed by atoms with Gasteiger partial charge in [0.15, 0.2) is 12.2 Å². The standard InChI is InChI=1S/C11H25N3O2/c1-6-15-9(16-7-2)8-13-10(12)14-11(3,4)5/h9H,6-8H2,1-5H3,(H3,12,13,14). The summed E-state index contributed by atoms with van der Waals surface area (Å²) in [5.41, 5.74) is -0.114. The van der Waals surface area contributed by atoms with E-state index in [1.54, 1.807) is 0 Å². The van der Waals surface area contributed by atoms with Gasteiger partial charge in [-0.25, -0.2) is 0 Å². The zero-order valence-electron chi connectivity index (χ0n) is 11.0. The van der Waals surface area contributed by atoms with Gasteiger partial charge in [0.2, 0.25) is 0 Å². The molecule has 0 saturated carbocycles. The van der Waals surface area contributed by atoms with Gasteiger partial charge in [-0.2, -0.15) is 0 Å². The average molecular weight is 231 g/mol. The Bertz CT molecular complexity index is 196. The van der Waals surface area contributed by atoms with Crippen LogP contribution in [0.1, 0.15) is 34.6 Å². The van der Waals surface area contributed by atoms with Crippen LogP contribution < -0.4 is 10.6 Å². The van der Waals surface area contributed by atoms with Crippen LogP contribution in [0.2, 0.25) is 0 Å². The van der Waals surface area contributed by atoms with E-state index < -0.39 is 0 Å². The van der Waals surface area contributed by atoms with Gasteiger partial charge in [-0.05, 0) is 34.6 Å². The number of rotatable bonds is 6. The second-order valence-electron chi connectivity index (χ2n) is 4.47. The van der Waals surface area contributed by atoms with Crippen LogP contribution in [-0.2, 0) is 9.47 Å². The Morgan fingerprint density at radius 2 is 1.69 bits per heavy atom. The second-order valence-corrected chi connectivity index (χ2v) is 4.47. The second kappa shape index (κ2) is 7.46. The third-order valence-electron chi connectivity index (χ3n) is 1.65. The molecular formula is C11H25N3O2. The van der Waals surface area contributed by atoms with Gasteiger partial charge in [0.1, 0.15) is 0 Å². The van der Waals surface area contributed by atoms with Crippen molar-refractivity contribution in [3.63, 3.8) is 0 Å². The highest BCUT2D eigenvalue weighted by Gasteiger charge is 2.13. The molecule has 5 nitrogen and oxygen atoms in total. The first-order valence-corrected chi connectivity index (χ1v) is 5.72. The van der Waals surface area contributed by atoms with Crippen LogP contribution in [-0.4, -0.2) is 37.5 Å². The van der Waals surface area contributed by atoms with E-state index in [2.05, 4.69) is 10.6 Å². The topological polar surface area (TPSA) is 66.4 Å². The van der Waals surface area contributed by atoms with Crippen LogP contribution in [0.25, 0.3) is 0 Å². The van der Waals surface area contributed by atoms with Crippen molar-refractivity contribution in [3.05, 3.63) is 0 Å². The minimum atomic E-state index is -0.294. The van der Waals surface area contributed by atoms with Crippen molar-refractivity contribution in [3.8, 4) is 0 Å². The van der Waals surface area contributed by atoms with Gasteiger partial charge < -0.3 is 20.1 Å². The minimum absolute atomic E-state index is 0.114. The SMILES string of the molecule is CCOC(CNC(=N)NC(C)(C)C)OCC. The highest BCUT2D eigenvalue weighted by Crippen LogP contribution is 1.97. The summed E-state index contributed by atoms with van der Waals surface area (Å²) >= 11 is 0. The minimum Gasteiger partial charge on any atom is -0.352 e. The molecule has 0 radical (unpaired) electrons. The molecular weight excluding hydrogens is 206 g/mol. The predicted molar refractivity (Wildman–Crippen MR) is 65.7 cm³/mol. The van der Waals surface area contributed by atoms with Gasteiger partial charge in [-0.3, -0.25) is 5.41 Å². The van der Waals surface area contributed by atoms with Crippen molar-refractivity contribution in [1.29, 1.82) is 5.41 Å². The van der Waals surface area contributed by atoms with Crippen LogP contribution in [0, 0.1) is 5.41 Å². The van der Waals surface area contributed by atoms with Crippen LogP contribution in [0.3, 0.4) is 0 Å². The third kappa shape index (κ3) is 8.49.